The van der Waals surface area contributed by atoms with E-state index in [1.807, 2.05) is 0 Å². The van der Waals surface area contributed by atoms with Crippen LogP contribution in [0.3, 0.4) is 0 Å². The quantitative estimate of drug-likeness (QED) is 0.767. The second-order valence-electron chi connectivity index (χ2n) is 6.01. The summed E-state index contributed by atoms with van der Waals surface area (Å²) in [6.45, 7) is 2.37. The Morgan fingerprint density at radius 3 is 1.67 bits per heavy atom. The maximum Gasteiger partial charge on any atom is 0.0732 e. The van der Waals surface area contributed by atoms with E-state index in [4.69, 9.17) is 0 Å². The summed E-state index contributed by atoms with van der Waals surface area (Å²) in [6.07, 6.45) is 7.61. The molecule has 2 nitrogen and oxygen atoms in total. The van der Waals surface area contributed by atoms with Crippen molar-refractivity contribution in [3.8, 4) is 0 Å². The highest BCUT2D eigenvalue weighted by atomic mass is 16.3. The van der Waals surface area contributed by atoms with Gasteiger partial charge in [-0.2, -0.15) is 0 Å². The van der Waals surface area contributed by atoms with E-state index in [1.165, 1.54) is 51.6 Å². The van der Waals surface area contributed by atoms with Crippen LogP contribution in [0, 0.1) is 17.8 Å². The molecular formula is C13H23NO. The summed E-state index contributed by atoms with van der Waals surface area (Å²) >= 11 is 0. The van der Waals surface area contributed by atoms with Crippen molar-refractivity contribution < 1.29 is 5.11 Å². The monoisotopic (exact) mass is 209 g/mol. The number of piperidine rings is 1. The van der Waals surface area contributed by atoms with Crippen LogP contribution >= 0.6 is 0 Å². The summed E-state index contributed by atoms with van der Waals surface area (Å²) in [4.78, 5) is 2.40. The third-order valence-electron chi connectivity index (χ3n) is 4.84. The first-order valence-corrected chi connectivity index (χ1v) is 6.62. The van der Waals surface area contributed by atoms with Crippen molar-refractivity contribution >= 4 is 0 Å². The lowest BCUT2D eigenvalue weighted by Gasteiger charge is -2.41. The molecule has 2 saturated carbocycles. The molecule has 1 saturated heterocycles. The highest BCUT2D eigenvalue weighted by Gasteiger charge is 2.57. The zero-order valence-electron chi connectivity index (χ0n) is 9.78. The van der Waals surface area contributed by atoms with Crippen molar-refractivity contribution in [3.63, 3.8) is 0 Å². The van der Waals surface area contributed by atoms with Gasteiger partial charge in [-0.05, 0) is 76.4 Å². The molecular weight excluding hydrogens is 186 g/mol. The molecule has 0 bridgehead atoms. The van der Waals surface area contributed by atoms with Gasteiger partial charge >= 0.3 is 0 Å². The van der Waals surface area contributed by atoms with Crippen LogP contribution in [0.2, 0.25) is 0 Å². The molecule has 0 radical (unpaired) electrons. The number of aliphatic hydroxyl groups is 1. The smallest absolute Gasteiger partial charge is 0.0732 e. The molecule has 2 heteroatoms. The zero-order chi connectivity index (χ0) is 10.5. The molecule has 0 amide bonds. The van der Waals surface area contributed by atoms with E-state index in [9.17, 15) is 5.11 Å². The fourth-order valence-corrected chi connectivity index (χ4v) is 3.56. The number of likely N-dealkylation sites (tertiary alicyclic amines) is 1. The Kier molecular flexibility index (Phi) is 2.33. The molecule has 0 aromatic rings. The minimum Gasteiger partial charge on any atom is -0.389 e. The SMILES string of the molecule is CN1CCC(C(O)(C2CC2)C2CC2)CC1. The molecule has 0 atom stereocenters. The molecule has 3 rings (SSSR count). The highest BCUT2D eigenvalue weighted by Crippen LogP contribution is 2.57. The first-order chi connectivity index (χ1) is 7.21. The van der Waals surface area contributed by atoms with Crippen LogP contribution in [-0.2, 0) is 0 Å². The van der Waals surface area contributed by atoms with Gasteiger partial charge in [-0.25, -0.2) is 0 Å². The molecule has 0 aromatic carbocycles. The first-order valence-electron chi connectivity index (χ1n) is 6.62. The van der Waals surface area contributed by atoms with Crippen LogP contribution in [0.15, 0.2) is 0 Å². The lowest BCUT2D eigenvalue weighted by Crippen LogP contribution is -2.47. The minimum atomic E-state index is -0.249. The van der Waals surface area contributed by atoms with Gasteiger partial charge in [-0.15, -0.1) is 0 Å². The van der Waals surface area contributed by atoms with Gasteiger partial charge in [-0.3, -0.25) is 0 Å². The summed E-state index contributed by atoms with van der Waals surface area (Å²) in [6, 6.07) is 0. The number of hydrogen-bond donors (Lipinski definition) is 1. The van der Waals surface area contributed by atoms with Gasteiger partial charge in [0.1, 0.15) is 0 Å². The Balaban J connectivity index is 1.71. The van der Waals surface area contributed by atoms with Crippen LogP contribution in [0.1, 0.15) is 38.5 Å². The third-order valence-corrected chi connectivity index (χ3v) is 4.84. The Bertz CT molecular complexity index is 225. The number of nitrogens with zero attached hydrogens (tertiary/aromatic N) is 1. The predicted octanol–water partition coefficient (Wildman–Crippen LogP) is 1.88. The molecule has 1 aliphatic heterocycles. The Labute approximate surface area is 92.7 Å². The van der Waals surface area contributed by atoms with Crippen molar-refractivity contribution in [2.75, 3.05) is 20.1 Å². The lowest BCUT2D eigenvalue weighted by atomic mass is 9.74. The molecule has 1 heterocycles. The van der Waals surface area contributed by atoms with E-state index in [0.29, 0.717) is 17.8 Å². The van der Waals surface area contributed by atoms with Crippen molar-refractivity contribution in [1.29, 1.82) is 0 Å². The summed E-state index contributed by atoms with van der Waals surface area (Å²) in [7, 11) is 2.20. The first kappa shape index (κ1) is 10.1. The molecule has 86 valence electrons. The van der Waals surface area contributed by atoms with Gasteiger partial charge < -0.3 is 10.0 Å². The van der Waals surface area contributed by atoms with Crippen molar-refractivity contribution in [1.82, 2.24) is 4.90 Å². The molecule has 15 heavy (non-hydrogen) atoms. The summed E-state index contributed by atoms with van der Waals surface area (Å²) in [5.74, 6) is 1.94. The average Bonchev–Trinajstić information content (AvgIpc) is 3.07. The van der Waals surface area contributed by atoms with E-state index in [-0.39, 0.29) is 5.60 Å². The molecule has 2 aliphatic carbocycles. The van der Waals surface area contributed by atoms with E-state index in [1.54, 1.807) is 0 Å². The molecule has 0 spiro atoms. The van der Waals surface area contributed by atoms with Crippen molar-refractivity contribution in [3.05, 3.63) is 0 Å². The average molecular weight is 209 g/mol. The van der Waals surface area contributed by atoms with Crippen LogP contribution in [0.5, 0.6) is 0 Å². The Morgan fingerprint density at radius 2 is 1.27 bits per heavy atom. The predicted molar refractivity (Wildman–Crippen MR) is 60.6 cm³/mol. The van der Waals surface area contributed by atoms with Crippen molar-refractivity contribution in [2.45, 2.75) is 44.1 Å². The van der Waals surface area contributed by atoms with Gasteiger partial charge in [-0.1, -0.05) is 0 Å². The zero-order valence-corrected chi connectivity index (χ0v) is 9.78. The normalized spacial score (nSPS) is 30.8. The van der Waals surface area contributed by atoms with Gasteiger partial charge in [0.25, 0.3) is 0 Å². The van der Waals surface area contributed by atoms with Crippen molar-refractivity contribution in [2.24, 2.45) is 17.8 Å². The molecule has 1 N–H and O–H groups in total. The number of hydrogen-bond acceptors (Lipinski definition) is 2. The van der Waals surface area contributed by atoms with Crippen LogP contribution in [0.4, 0.5) is 0 Å². The fourth-order valence-electron chi connectivity index (χ4n) is 3.56. The molecule has 3 aliphatic rings. The topological polar surface area (TPSA) is 23.5 Å². The molecule has 3 fully saturated rings. The summed E-state index contributed by atoms with van der Waals surface area (Å²) < 4.78 is 0. The molecule has 0 aromatic heterocycles. The lowest BCUT2D eigenvalue weighted by molar-refractivity contribution is -0.0769. The fraction of sp³-hybridized carbons (Fsp3) is 1.00. The van der Waals surface area contributed by atoms with Gasteiger partial charge in [0.05, 0.1) is 5.60 Å². The largest absolute Gasteiger partial charge is 0.389 e. The second-order valence-corrected chi connectivity index (χ2v) is 6.01. The van der Waals surface area contributed by atoms with Crippen LogP contribution < -0.4 is 0 Å². The van der Waals surface area contributed by atoms with E-state index < -0.39 is 0 Å². The van der Waals surface area contributed by atoms with Gasteiger partial charge in [0, 0.05) is 0 Å². The summed E-state index contributed by atoms with van der Waals surface area (Å²) in [5.41, 5.74) is -0.249. The molecule has 0 unspecified atom stereocenters. The Hall–Kier alpha value is -0.0800. The van der Waals surface area contributed by atoms with E-state index in [0.717, 1.165) is 0 Å². The van der Waals surface area contributed by atoms with E-state index in [2.05, 4.69) is 11.9 Å². The Morgan fingerprint density at radius 1 is 0.867 bits per heavy atom. The summed E-state index contributed by atoms with van der Waals surface area (Å²) in [5, 5.41) is 11.0. The third kappa shape index (κ3) is 1.72. The standard InChI is InChI=1S/C13H23NO/c1-14-8-6-12(7-9-14)13(15,10-2-3-10)11-4-5-11/h10-12,15H,2-9H2,1H3. The van der Waals surface area contributed by atoms with Gasteiger partial charge in [0.15, 0.2) is 0 Å². The highest BCUT2D eigenvalue weighted by molar-refractivity contribution is 5.07. The second kappa shape index (κ2) is 3.46. The maximum absolute atomic E-state index is 11.0. The van der Waals surface area contributed by atoms with Crippen LogP contribution in [-0.4, -0.2) is 35.7 Å². The van der Waals surface area contributed by atoms with Gasteiger partial charge in [0.2, 0.25) is 0 Å². The maximum atomic E-state index is 11.0. The van der Waals surface area contributed by atoms with Crippen LogP contribution in [0.25, 0.3) is 0 Å². The number of rotatable bonds is 3. The minimum absolute atomic E-state index is 0.249. The van der Waals surface area contributed by atoms with E-state index >= 15 is 0 Å².